The van der Waals surface area contributed by atoms with Gasteiger partial charge >= 0.3 is 0 Å². The zero-order valence-electron chi connectivity index (χ0n) is 11.3. The van der Waals surface area contributed by atoms with Crippen LogP contribution in [0.5, 0.6) is 17.2 Å². The number of ether oxygens (including phenoxy) is 3. The van der Waals surface area contributed by atoms with Crippen molar-refractivity contribution in [1.82, 2.24) is 5.16 Å². The van der Waals surface area contributed by atoms with E-state index in [1.165, 1.54) is 39.7 Å². The van der Waals surface area contributed by atoms with Gasteiger partial charge in [-0.05, 0) is 0 Å². The fourth-order valence-corrected chi connectivity index (χ4v) is 1.67. The third-order valence-corrected chi connectivity index (χ3v) is 2.63. The highest BCUT2D eigenvalue weighted by Crippen LogP contribution is 2.34. The number of carbonyl (C=O) groups is 1. The van der Waals surface area contributed by atoms with E-state index in [2.05, 4.69) is 15.0 Å². The Morgan fingerprint density at radius 1 is 1.10 bits per heavy atom. The van der Waals surface area contributed by atoms with Gasteiger partial charge in [-0.3, -0.25) is 4.79 Å². The van der Waals surface area contributed by atoms with Gasteiger partial charge in [-0.2, -0.15) is 0 Å². The minimum absolute atomic E-state index is 0.299. The summed E-state index contributed by atoms with van der Waals surface area (Å²) in [4.78, 5) is 12.2. The SMILES string of the molecule is COc1cc(OC)c(C(=O)Nc2ccon2)cc1OC. The molecule has 1 aromatic heterocycles. The molecule has 0 spiro atoms. The Morgan fingerprint density at radius 2 is 1.75 bits per heavy atom. The maximum atomic E-state index is 12.2. The second kappa shape index (κ2) is 5.96. The molecule has 0 saturated heterocycles. The van der Waals surface area contributed by atoms with Crippen LogP contribution in [0.3, 0.4) is 0 Å². The Kier molecular flexibility index (Phi) is 4.09. The topological polar surface area (TPSA) is 82.8 Å². The molecule has 0 fully saturated rings. The predicted molar refractivity (Wildman–Crippen MR) is 70.6 cm³/mol. The van der Waals surface area contributed by atoms with Crippen molar-refractivity contribution in [3.05, 3.63) is 30.0 Å². The van der Waals surface area contributed by atoms with Gasteiger partial charge in [0.2, 0.25) is 0 Å². The average molecular weight is 278 g/mol. The van der Waals surface area contributed by atoms with Gasteiger partial charge in [0.05, 0.1) is 26.9 Å². The lowest BCUT2D eigenvalue weighted by molar-refractivity contribution is 0.102. The van der Waals surface area contributed by atoms with E-state index in [4.69, 9.17) is 14.2 Å². The molecular formula is C13H14N2O5. The monoisotopic (exact) mass is 278 g/mol. The Bertz CT molecular complexity index is 595. The number of rotatable bonds is 5. The molecule has 0 unspecified atom stereocenters. The summed E-state index contributed by atoms with van der Waals surface area (Å²) >= 11 is 0. The molecule has 1 amide bonds. The first-order chi connectivity index (χ1) is 9.69. The summed E-state index contributed by atoms with van der Waals surface area (Å²) in [6.45, 7) is 0. The molecule has 0 radical (unpaired) electrons. The molecule has 0 aliphatic rings. The fraction of sp³-hybridized carbons (Fsp3) is 0.231. The largest absolute Gasteiger partial charge is 0.496 e. The molecule has 106 valence electrons. The van der Waals surface area contributed by atoms with E-state index in [9.17, 15) is 4.79 Å². The van der Waals surface area contributed by atoms with Gasteiger partial charge in [0.25, 0.3) is 5.91 Å². The van der Waals surface area contributed by atoms with Crippen LogP contribution in [-0.2, 0) is 0 Å². The molecule has 0 bridgehead atoms. The lowest BCUT2D eigenvalue weighted by Gasteiger charge is -2.13. The van der Waals surface area contributed by atoms with Crippen LogP contribution in [-0.4, -0.2) is 32.4 Å². The molecule has 7 nitrogen and oxygen atoms in total. The Balaban J connectivity index is 2.36. The Morgan fingerprint density at radius 3 is 2.30 bits per heavy atom. The van der Waals surface area contributed by atoms with E-state index in [0.717, 1.165) is 0 Å². The van der Waals surface area contributed by atoms with Gasteiger partial charge in [0.15, 0.2) is 17.3 Å². The Labute approximate surface area is 115 Å². The van der Waals surface area contributed by atoms with Crippen molar-refractivity contribution < 1.29 is 23.5 Å². The van der Waals surface area contributed by atoms with Crippen LogP contribution in [0.4, 0.5) is 5.82 Å². The van der Waals surface area contributed by atoms with Crippen LogP contribution in [0.2, 0.25) is 0 Å². The van der Waals surface area contributed by atoms with Gasteiger partial charge in [0, 0.05) is 18.2 Å². The van der Waals surface area contributed by atoms with Crippen molar-refractivity contribution in [2.24, 2.45) is 0 Å². The van der Waals surface area contributed by atoms with E-state index in [0.29, 0.717) is 28.6 Å². The zero-order chi connectivity index (χ0) is 14.5. The lowest BCUT2D eigenvalue weighted by Crippen LogP contribution is -2.13. The van der Waals surface area contributed by atoms with Gasteiger partial charge in [-0.1, -0.05) is 5.16 Å². The van der Waals surface area contributed by atoms with Crippen LogP contribution < -0.4 is 19.5 Å². The van der Waals surface area contributed by atoms with Crippen molar-refractivity contribution in [3.63, 3.8) is 0 Å². The Hall–Kier alpha value is -2.70. The maximum Gasteiger partial charge on any atom is 0.260 e. The molecule has 1 heterocycles. The summed E-state index contributed by atoms with van der Waals surface area (Å²) in [5.41, 5.74) is 0.299. The highest BCUT2D eigenvalue weighted by Gasteiger charge is 2.18. The number of carbonyl (C=O) groups excluding carboxylic acids is 1. The molecule has 0 atom stereocenters. The first kappa shape index (κ1) is 13.7. The van der Waals surface area contributed by atoms with E-state index in [1.54, 1.807) is 6.07 Å². The number of hydrogen-bond acceptors (Lipinski definition) is 6. The first-order valence-electron chi connectivity index (χ1n) is 5.71. The van der Waals surface area contributed by atoms with Crippen molar-refractivity contribution in [3.8, 4) is 17.2 Å². The van der Waals surface area contributed by atoms with Crippen LogP contribution in [0, 0.1) is 0 Å². The standard InChI is InChI=1S/C13H14N2O5/c1-17-9-7-11(19-3)10(18-2)6-8(9)13(16)14-12-4-5-20-15-12/h4-7H,1-3H3,(H,14,15,16). The van der Waals surface area contributed by atoms with E-state index in [-0.39, 0.29) is 0 Å². The molecular weight excluding hydrogens is 264 g/mol. The normalized spacial score (nSPS) is 9.95. The minimum Gasteiger partial charge on any atom is -0.496 e. The molecule has 2 aromatic rings. The van der Waals surface area contributed by atoms with Crippen molar-refractivity contribution in [2.75, 3.05) is 26.6 Å². The lowest BCUT2D eigenvalue weighted by atomic mass is 10.1. The van der Waals surface area contributed by atoms with Crippen LogP contribution in [0.25, 0.3) is 0 Å². The second-order valence-electron chi connectivity index (χ2n) is 3.75. The summed E-state index contributed by atoms with van der Waals surface area (Å²) in [6, 6.07) is 4.65. The number of nitrogens with zero attached hydrogens (tertiary/aromatic N) is 1. The van der Waals surface area contributed by atoms with Crippen molar-refractivity contribution >= 4 is 11.7 Å². The van der Waals surface area contributed by atoms with Gasteiger partial charge in [0.1, 0.15) is 12.0 Å². The van der Waals surface area contributed by atoms with Crippen molar-refractivity contribution in [2.45, 2.75) is 0 Å². The molecule has 0 aliphatic heterocycles. The third kappa shape index (κ3) is 2.66. The number of aromatic nitrogens is 1. The van der Waals surface area contributed by atoms with Crippen molar-refractivity contribution in [1.29, 1.82) is 0 Å². The summed E-state index contributed by atoms with van der Waals surface area (Å²) in [6.07, 6.45) is 1.36. The number of anilines is 1. The first-order valence-corrected chi connectivity index (χ1v) is 5.71. The summed E-state index contributed by atoms with van der Waals surface area (Å²) in [7, 11) is 4.46. The smallest absolute Gasteiger partial charge is 0.260 e. The molecule has 0 saturated carbocycles. The molecule has 20 heavy (non-hydrogen) atoms. The average Bonchev–Trinajstić information content (AvgIpc) is 2.98. The minimum atomic E-state index is -0.392. The van der Waals surface area contributed by atoms with E-state index in [1.807, 2.05) is 0 Å². The molecule has 0 aliphatic carbocycles. The number of amides is 1. The molecule has 1 aromatic carbocycles. The molecule has 2 rings (SSSR count). The van der Waals surface area contributed by atoms with Crippen LogP contribution in [0.15, 0.2) is 29.0 Å². The summed E-state index contributed by atoms with van der Waals surface area (Å²) in [5, 5.41) is 6.19. The molecule has 1 N–H and O–H groups in total. The van der Waals surface area contributed by atoms with E-state index >= 15 is 0 Å². The number of nitrogens with one attached hydrogen (secondary N) is 1. The fourth-order valence-electron chi connectivity index (χ4n) is 1.67. The van der Waals surface area contributed by atoms with Crippen LogP contribution in [0.1, 0.15) is 10.4 Å². The number of hydrogen-bond donors (Lipinski definition) is 1. The van der Waals surface area contributed by atoms with Crippen LogP contribution >= 0.6 is 0 Å². The summed E-state index contributed by atoms with van der Waals surface area (Å²) in [5.74, 6) is 1.19. The summed E-state index contributed by atoms with van der Waals surface area (Å²) < 4.78 is 20.2. The van der Waals surface area contributed by atoms with Gasteiger partial charge in [-0.25, -0.2) is 0 Å². The van der Waals surface area contributed by atoms with E-state index < -0.39 is 5.91 Å². The van der Waals surface area contributed by atoms with Gasteiger partial charge < -0.3 is 24.1 Å². The zero-order valence-corrected chi connectivity index (χ0v) is 11.3. The highest BCUT2D eigenvalue weighted by atomic mass is 16.5. The molecule has 7 heteroatoms. The third-order valence-electron chi connectivity index (χ3n) is 2.63. The maximum absolute atomic E-state index is 12.2. The highest BCUT2D eigenvalue weighted by molar-refractivity contribution is 6.06. The van der Waals surface area contributed by atoms with Gasteiger partial charge in [-0.15, -0.1) is 0 Å². The predicted octanol–water partition coefficient (Wildman–Crippen LogP) is 1.95. The number of methoxy groups -OCH3 is 3. The quantitative estimate of drug-likeness (QED) is 0.900. The number of benzene rings is 1. The second-order valence-corrected chi connectivity index (χ2v) is 3.75.